The van der Waals surface area contributed by atoms with Crippen molar-refractivity contribution in [3.63, 3.8) is 0 Å². The molecule has 174 valence electrons. The van der Waals surface area contributed by atoms with Gasteiger partial charge in [0.15, 0.2) is 9.84 Å². The summed E-state index contributed by atoms with van der Waals surface area (Å²) in [6.45, 7) is 4.28. The lowest BCUT2D eigenvalue weighted by molar-refractivity contribution is 0.102. The SMILES string of the molecule is CC(O)c1cnc(N2CCC(C3CC3COCc3ccc(S(C)(=O)=O)cc3F)CC2)nc1. The van der Waals surface area contributed by atoms with E-state index in [2.05, 4.69) is 14.9 Å². The van der Waals surface area contributed by atoms with Gasteiger partial charge in [0, 0.05) is 42.9 Å². The number of aliphatic hydroxyl groups excluding tert-OH is 1. The minimum atomic E-state index is -3.42. The number of nitrogens with zero attached hydrogens (tertiary/aromatic N) is 3. The number of anilines is 1. The third-order valence-electron chi connectivity index (χ3n) is 6.59. The number of sulfone groups is 1. The number of piperidine rings is 1. The summed E-state index contributed by atoms with van der Waals surface area (Å²) in [5.41, 5.74) is 1.10. The fourth-order valence-corrected chi connectivity index (χ4v) is 5.11. The average molecular weight is 464 g/mol. The summed E-state index contributed by atoms with van der Waals surface area (Å²) in [6.07, 6.45) is 7.19. The van der Waals surface area contributed by atoms with Gasteiger partial charge in [0.1, 0.15) is 5.82 Å². The Hall–Kier alpha value is -2.10. The maximum absolute atomic E-state index is 14.2. The van der Waals surface area contributed by atoms with Gasteiger partial charge in [0.2, 0.25) is 5.95 Å². The lowest BCUT2D eigenvalue weighted by atomic mass is 9.91. The smallest absolute Gasteiger partial charge is 0.225 e. The molecule has 2 fully saturated rings. The molecular weight excluding hydrogens is 433 g/mol. The number of aliphatic hydroxyl groups is 1. The standard InChI is InChI=1S/C23H30FN3O4S/c1-15(28)19-11-25-23(26-12-19)27-7-5-16(6-8-27)21-9-18(21)14-31-13-17-3-4-20(10-22(17)24)32(2,29)30/h3-4,10-12,15-16,18,21,28H,5-9,13-14H2,1-2H3. The summed E-state index contributed by atoms with van der Waals surface area (Å²) in [4.78, 5) is 11.0. The highest BCUT2D eigenvalue weighted by Gasteiger charge is 2.43. The molecule has 2 heterocycles. The molecule has 0 radical (unpaired) electrons. The van der Waals surface area contributed by atoms with E-state index >= 15 is 0 Å². The predicted octanol–water partition coefficient (Wildman–Crippen LogP) is 3.14. The summed E-state index contributed by atoms with van der Waals surface area (Å²) < 4.78 is 42.9. The highest BCUT2D eigenvalue weighted by atomic mass is 32.2. The van der Waals surface area contributed by atoms with Gasteiger partial charge in [-0.2, -0.15) is 0 Å². The summed E-state index contributed by atoms with van der Waals surface area (Å²) >= 11 is 0. The molecule has 1 aliphatic carbocycles. The molecule has 1 N–H and O–H groups in total. The van der Waals surface area contributed by atoms with Crippen LogP contribution in [0.4, 0.5) is 10.3 Å². The largest absolute Gasteiger partial charge is 0.389 e. The molecule has 0 spiro atoms. The monoisotopic (exact) mass is 463 g/mol. The predicted molar refractivity (Wildman–Crippen MR) is 118 cm³/mol. The van der Waals surface area contributed by atoms with Gasteiger partial charge in [0.25, 0.3) is 0 Å². The zero-order valence-electron chi connectivity index (χ0n) is 18.4. The molecule has 9 heteroatoms. The molecule has 1 aliphatic heterocycles. The van der Waals surface area contributed by atoms with E-state index in [4.69, 9.17) is 4.74 Å². The topological polar surface area (TPSA) is 92.6 Å². The van der Waals surface area contributed by atoms with Crippen molar-refractivity contribution in [2.75, 3.05) is 30.9 Å². The molecule has 2 aliphatic rings. The highest BCUT2D eigenvalue weighted by Crippen LogP contribution is 2.48. The number of aromatic nitrogens is 2. The van der Waals surface area contributed by atoms with Crippen LogP contribution in [0.1, 0.15) is 43.4 Å². The summed E-state index contributed by atoms with van der Waals surface area (Å²) in [5, 5.41) is 9.59. The first kappa shape index (κ1) is 23.1. The van der Waals surface area contributed by atoms with Gasteiger partial charge >= 0.3 is 0 Å². The van der Waals surface area contributed by atoms with E-state index in [1.165, 1.54) is 12.1 Å². The van der Waals surface area contributed by atoms with Gasteiger partial charge < -0.3 is 14.7 Å². The van der Waals surface area contributed by atoms with E-state index in [0.29, 0.717) is 35.9 Å². The quantitative estimate of drug-likeness (QED) is 0.643. The Morgan fingerprint density at radius 2 is 1.94 bits per heavy atom. The van der Waals surface area contributed by atoms with Gasteiger partial charge in [-0.05, 0) is 56.1 Å². The number of rotatable bonds is 8. The Morgan fingerprint density at radius 3 is 2.53 bits per heavy atom. The second-order valence-corrected chi connectivity index (χ2v) is 11.0. The van der Waals surface area contributed by atoms with Crippen LogP contribution in [0.2, 0.25) is 0 Å². The van der Waals surface area contributed by atoms with Crippen molar-refractivity contribution < 1.29 is 22.7 Å². The summed E-state index contributed by atoms with van der Waals surface area (Å²) in [7, 11) is -3.42. The molecular formula is C23H30FN3O4S. The third-order valence-corrected chi connectivity index (χ3v) is 7.70. The van der Waals surface area contributed by atoms with Crippen molar-refractivity contribution >= 4 is 15.8 Å². The maximum atomic E-state index is 14.2. The minimum Gasteiger partial charge on any atom is -0.389 e. The van der Waals surface area contributed by atoms with E-state index in [-0.39, 0.29) is 11.5 Å². The Labute approximate surface area is 188 Å². The Bertz CT molecular complexity index is 1040. The maximum Gasteiger partial charge on any atom is 0.225 e. The minimum absolute atomic E-state index is 0.0170. The molecule has 1 saturated carbocycles. The van der Waals surface area contributed by atoms with Gasteiger partial charge in [-0.1, -0.05) is 6.07 Å². The zero-order valence-corrected chi connectivity index (χ0v) is 19.3. The number of benzene rings is 1. The van der Waals surface area contributed by atoms with Crippen LogP contribution in [0.3, 0.4) is 0 Å². The molecule has 1 aromatic heterocycles. The fourth-order valence-electron chi connectivity index (χ4n) is 4.47. The van der Waals surface area contributed by atoms with E-state index in [9.17, 15) is 17.9 Å². The Morgan fingerprint density at radius 1 is 1.25 bits per heavy atom. The number of hydrogen-bond acceptors (Lipinski definition) is 7. The summed E-state index contributed by atoms with van der Waals surface area (Å²) in [5.74, 6) is 1.98. The van der Waals surface area contributed by atoms with Crippen LogP contribution < -0.4 is 4.90 Å². The Balaban J connectivity index is 1.20. The van der Waals surface area contributed by atoms with Crippen molar-refractivity contribution in [1.82, 2.24) is 9.97 Å². The second kappa shape index (κ2) is 9.41. The van der Waals surface area contributed by atoms with Gasteiger partial charge in [-0.15, -0.1) is 0 Å². The normalized spacial score (nSPS) is 22.7. The molecule has 32 heavy (non-hydrogen) atoms. The molecule has 2 aromatic rings. The van der Waals surface area contributed by atoms with Crippen LogP contribution in [0.5, 0.6) is 0 Å². The molecule has 0 amide bonds. The molecule has 1 aromatic carbocycles. The van der Waals surface area contributed by atoms with Crippen LogP contribution in [0.25, 0.3) is 0 Å². The molecule has 3 atom stereocenters. The molecule has 3 unspecified atom stereocenters. The summed E-state index contributed by atoms with van der Waals surface area (Å²) in [6, 6.07) is 3.97. The number of hydrogen-bond donors (Lipinski definition) is 1. The van der Waals surface area contributed by atoms with E-state index in [1.807, 2.05) is 0 Å². The Kier molecular flexibility index (Phi) is 6.78. The van der Waals surface area contributed by atoms with Crippen LogP contribution in [-0.4, -0.2) is 49.4 Å². The first-order valence-electron chi connectivity index (χ1n) is 11.0. The van der Waals surface area contributed by atoms with E-state index in [0.717, 1.165) is 50.2 Å². The lowest BCUT2D eigenvalue weighted by Crippen LogP contribution is -2.35. The van der Waals surface area contributed by atoms with Gasteiger partial charge in [-0.3, -0.25) is 0 Å². The highest BCUT2D eigenvalue weighted by molar-refractivity contribution is 7.90. The van der Waals surface area contributed by atoms with Crippen molar-refractivity contribution in [1.29, 1.82) is 0 Å². The fraction of sp³-hybridized carbons (Fsp3) is 0.565. The van der Waals surface area contributed by atoms with Crippen molar-refractivity contribution in [2.45, 2.75) is 43.8 Å². The van der Waals surface area contributed by atoms with Crippen LogP contribution >= 0.6 is 0 Å². The first-order chi connectivity index (χ1) is 15.2. The molecule has 7 nitrogen and oxygen atoms in total. The zero-order chi connectivity index (χ0) is 22.9. The molecule has 4 rings (SSSR count). The van der Waals surface area contributed by atoms with E-state index < -0.39 is 21.8 Å². The third kappa shape index (κ3) is 5.44. The second-order valence-electron chi connectivity index (χ2n) is 9.02. The van der Waals surface area contributed by atoms with Crippen LogP contribution in [0.15, 0.2) is 35.5 Å². The van der Waals surface area contributed by atoms with Gasteiger partial charge in [-0.25, -0.2) is 22.8 Å². The van der Waals surface area contributed by atoms with Crippen molar-refractivity contribution in [3.8, 4) is 0 Å². The van der Waals surface area contributed by atoms with E-state index in [1.54, 1.807) is 19.3 Å². The number of ether oxygens (including phenoxy) is 1. The van der Waals surface area contributed by atoms with Crippen molar-refractivity contribution in [2.24, 2.45) is 17.8 Å². The molecule has 1 saturated heterocycles. The first-order valence-corrected chi connectivity index (χ1v) is 12.9. The molecule has 0 bridgehead atoms. The van der Waals surface area contributed by atoms with Gasteiger partial charge in [0.05, 0.1) is 24.2 Å². The van der Waals surface area contributed by atoms with Crippen LogP contribution in [-0.2, 0) is 21.2 Å². The van der Waals surface area contributed by atoms with Crippen LogP contribution in [0, 0.1) is 23.6 Å². The number of halogens is 1. The average Bonchev–Trinajstić information content (AvgIpc) is 3.54. The lowest BCUT2D eigenvalue weighted by Gasteiger charge is -2.32. The van der Waals surface area contributed by atoms with Crippen molar-refractivity contribution in [3.05, 3.63) is 47.5 Å².